The molecule has 1 aromatic carbocycles. The van der Waals surface area contributed by atoms with Crippen LogP contribution < -0.4 is 10.6 Å². The van der Waals surface area contributed by atoms with E-state index < -0.39 is 0 Å². The lowest BCUT2D eigenvalue weighted by molar-refractivity contribution is -0.117. The van der Waals surface area contributed by atoms with Gasteiger partial charge in [-0.3, -0.25) is 9.59 Å². The van der Waals surface area contributed by atoms with Crippen molar-refractivity contribution in [2.24, 2.45) is 5.92 Å². The monoisotopic (exact) mass is 304 g/mol. The highest BCUT2D eigenvalue weighted by Crippen LogP contribution is 2.27. The molecule has 1 fully saturated rings. The van der Waals surface area contributed by atoms with Crippen molar-refractivity contribution in [1.29, 1.82) is 0 Å². The number of methoxy groups -OCH3 is 1. The predicted octanol–water partition coefficient (Wildman–Crippen LogP) is 2.58. The van der Waals surface area contributed by atoms with E-state index in [0.717, 1.165) is 12.8 Å². The molecule has 0 heterocycles. The Morgan fingerprint density at radius 1 is 1.27 bits per heavy atom. The first-order valence-corrected chi connectivity index (χ1v) is 7.86. The normalized spacial score (nSPS) is 14.8. The molecule has 1 saturated carbocycles. The fraction of sp³-hybridized carbons (Fsp3) is 0.529. The van der Waals surface area contributed by atoms with Gasteiger partial charge in [-0.1, -0.05) is 18.9 Å². The summed E-state index contributed by atoms with van der Waals surface area (Å²) in [6.07, 6.45) is 5.33. The topological polar surface area (TPSA) is 67.4 Å². The quantitative estimate of drug-likeness (QED) is 0.761. The molecule has 0 bridgehead atoms. The van der Waals surface area contributed by atoms with Crippen LogP contribution in [0.4, 0.5) is 5.69 Å². The molecule has 2 rings (SSSR count). The number of hydrogen-bond donors (Lipinski definition) is 2. The smallest absolute Gasteiger partial charge is 0.251 e. The van der Waals surface area contributed by atoms with Crippen molar-refractivity contribution in [3.63, 3.8) is 0 Å². The number of carbonyl (C=O) groups is 2. The van der Waals surface area contributed by atoms with Gasteiger partial charge in [-0.2, -0.15) is 0 Å². The summed E-state index contributed by atoms with van der Waals surface area (Å²) in [5.41, 5.74) is 1.21. The van der Waals surface area contributed by atoms with E-state index in [9.17, 15) is 9.59 Å². The van der Waals surface area contributed by atoms with Gasteiger partial charge in [0.1, 0.15) is 0 Å². The van der Waals surface area contributed by atoms with E-state index in [1.54, 1.807) is 31.4 Å². The molecule has 0 aliphatic heterocycles. The summed E-state index contributed by atoms with van der Waals surface area (Å²) < 4.78 is 4.90. The van der Waals surface area contributed by atoms with E-state index in [0.29, 0.717) is 36.7 Å². The zero-order valence-electron chi connectivity index (χ0n) is 13.1. The second-order valence-corrected chi connectivity index (χ2v) is 5.73. The number of carbonyl (C=O) groups excluding carboxylic acids is 2. The number of benzene rings is 1. The summed E-state index contributed by atoms with van der Waals surface area (Å²) in [7, 11) is 1.59. The molecule has 0 spiro atoms. The minimum absolute atomic E-state index is 0.0313. The van der Waals surface area contributed by atoms with Crippen LogP contribution in [0.15, 0.2) is 24.3 Å². The predicted molar refractivity (Wildman–Crippen MR) is 85.9 cm³/mol. The Morgan fingerprint density at radius 3 is 2.77 bits per heavy atom. The second-order valence-electron chi connectivity index (χ2n) is 5.73. The molecule has 0 radical (unpaired) electrons. The number of rotatable bonds is 7. The molecule has 1 aliphatic carbocycles. The van der Waals surface area contributed by atoms with Crippen molar-refractivity contribution < 1.29 is 14.3 Å². The van der Waals surface area contributed by atoms with Crippen LogP contribution in [0.5, 0.6) is 0 Å². The van der Waals surface area contributed by atoms with Crippen LogP contribution in [0.25, 0.3) is 0 Å². The minimum Gasteiger partial charge on any atom is -0.383 e. The van der Waals surface area contributed by atoms with Crippen LogP contribution in [-0.2, 0) is 9.53 Å². The van der Waals surface area contributed by atoms with Crippen LogP contribution in [0.2, 0.25) is 0 Å². The van der Waals surface area contributed by atoms with Crippen LogP contribution in [0.1, 0.15) is 42.5 Å². The Kier molecular flexibility index (Phi) is 6.40. The zero-order valence-corrected chi connectivity index (χ0v) is 13.1. The van der Waals surface area contributed by atoms with Gasteiger partial charge in [0.25, 0.3) is 5.91 Å². The van der Waals surface area contributed by atoms with E-state index in [-0.39, 0.29) is 11.8 Å². The molecular weight excluding hydrogens is 280 g/mol. The molecule has 0 atom stereocenters. The fourth-order valence-corrected chi connectivity index (χ4v) is 2.80. The second kappa shape index (κ2) is 8.54. The number of amides is 2. The molecule has 0 saturated heterocycles. The largest absolute Gasteiger partial charge is 0.383 e. The van der Waals surface area contributed by atoms with Crippen molar-refractivity contribution in [2.45, 2.75) is 32.1 Å². The summed E-state index contributed by atoms with van der Waals surface area (Å²) in [6, 6.07) is 7.01. The standard InChI is InChI=1S/C17H24N2O3/c1-22-10-9-18-17(21)14-7-4-8-15(12-14)19-16(20)11-13-5-2-3-6-13/h4,7-8,12-13H,2-3,5-6,9-11H2,1H3,(H,18,21)(H,19,20). The maximum absolute atomic E-state index is 12.0. The lowest BCUT2D eigenvalue weighted by atomic mass is 10.0. The first kappa shape index (κ1) is 16.5. The highest BCUT2D eigenvalue weighted by atomic mass is 16.5. The lowest BCUT2D eigenvalue weighted by Crippen LogP contribution is -2.27. The SMILES string of the molecule is COCCNC(=O)c1cccc(NC(=O)CC2CCCC2)c1. The van der Waals surface area contributed by atoms with Gasteiger partial charge >= 0.3 is 0 Å². The highest BCUT2D eigenvalue weighted by Gasteiger charge is 2.18. The Bertz CT molecular complexity index is 510. The van der Waals surface area contributed by atoms with Crippen molar-refractivity contribution in [3.05, 3.63) is 29.8 Å². The number of ether oxygens (including phenoxy) is 1. The summed E-state index contributed by atoms with van der Waals surface area (Å²) in [5.74, 6) is 0.383. The maximum atomic E-state index is 12.0. The van der Waals surface area contributed by atoms with Gasteiger partial charge in [0.2, 0.25) is 5.91 Å². The Balaban J connectivity index is 1.87. The average molecular weight is 304 g/mol. The number of nitrogens with one attached hydrogen (secondary N) is 2. The van der Waals surface area contributed by atoms with E-state index in [2.05, 4.69) is 10.6 Å². The van der Waals surface area contributed by atoms with Crippen LogP contribution in [0, 0.1) is 5.92 Å². The molecule has 2 N–H and O–H groups in total. The van der Waals surface area contributed by atoms with Crippen molar-refractivity contribution >= 4 is 17.5 Å². The molecule has 0 unspecified atom stereocenters. The molecule has 5 nitrogen and oxygen atoms in total. The molecule has 1 aliphatic rings. The molecular formula is C17H24N2O3. The molecule has 0 aromatic heterocycles. The summed E-state index contributed by atoms with van der Waals surface area (Å²) in [6.45, 7) is 0.942. The molecule has 120 valence electrons. The van der Waals surface area contributed by atoms with E-state index in [1.807, 2.05) is 0 Å². The average Bonchev–Trinajstić information content (AvgIpc) is 3.00. The molecule has 5 heteroatoms. The maximum Gasteiger partial charge on any atom is 0.251 e. The van der Waals surface area contributed by atoms with Crippen molar-refractivity contribution in [3.8, 4) is 0 Å². The molecule has 22 heavy (non-hydrogen) atoms. The third kappa shape index (κ3) is 5.15. The van der Waals surface area contributed by atoms with Crippen LogP contribution in [-0.4, -0.2) is 32.1 Å². The number of hydrogen-bond acceptors (Lipinski definition) is 3. The van der Waals surface area contributed by atoms with Gasteiger partial charge in [0.05, 0.1) is 6.61 Å². The Labute approximate surface area is 131 Å². The van der Waals surface area contributed by atoms with Gasteiger partial charge in [-0.05, 0) is 37.0 Å². The van der Waals surface area contributed by atoms with Gasteiger partial charge < -0.3 is 15.4 Å². The third-order valence-electron chi connectivity index (χ3n) is 3.95. The summed E-state index contributed by atoms with van der Waals surface area (Å²) in [5, 5.41) is 5.65. The van der Waals surface area contributed by atoms with Gasteiger partial charge in [0, 0.05) is 31.3 Å². The first-order chi connectivity index (χ1) is 10.7. The van der Waals surface area contributed by atoms with Crippen LogP contribution >= 0.6 is 0 Å². The van der Waals surface area contributed by atoms with Crippen molar-refractivity contribution in [1.82, 2.24) is 5.32 Å². The lowest BCUT2D eigenvalue weighted by Gasteiger charge is -2.11. The van der Waals surface area contributed by atoms with Crippen molar-refractivity contribution in [2.75, 3.05) is 25.6 Å². The zero-order chi connectivity index (χ0) is 15.8. The van der Waals surface area contributed by atoms with E-state index >= 15 is 0 Å². The van der Waals surface area contributed by atoms with E-state index in [1.165, 1.54) is 12.8 Å². The fourth-order valence-electron chi connectivity index (χ4n) is 2.80. The van der Waals surface area contributed by atoms with Gasteiger partial charge in [-0.15, -0.1) is 0 Å². The van der Waals surface area contributed by atoms with Gasteiger partial charge in [-0.25, -0.2) is 0 Å². The molecule has 2 amide bonds. The van der Waals surface area contributed by atoms with E-state index in [4.69, 9.17) is 4.74 Å². The minimum atomic E-state index is -0.163. The first-order valence-electron chi connectivity index (χ1n) is 7.86. The third-order valence-corrected chi connectivity index (χ3v) is 3.95. The Hall–Kier alpha value is -1.88. The van der Waals surface area contributed by atoms with Crippen LogP contribution in [0.3, 0.4) is 0 Å². The van der Waals surface area contributed by atoms with Gasteiger partial charge in [0.15, 0.2) is 0 Å². The summed E-state index contributed by atoms with van der Waals surface area (Å²) >= 11 is 0. The number of anilines is 1. The highest BCUT2D eigenvalue weighted by molar-refractivity contribution is 5.97. The molecule has 1 aromatic rings. The Morgan fingerprint density at radius 2 is 2.05 bits per heavy atom. The summed E-state index contributed by atoms with van der Waals surface area (Å²) in [4.78, 5) is 24.0.